The van der Waals surface area contributed by atoms with Gasteiger partial charge in [0.2, 0.25) is 17.7 Å². The number of imide groups is 1. The van der Waals surface area contributed by atoms with Crippen LogP contribution in [0.2, 0.25) is 0 Å². The maximum absolute atomic E-state index is 12.7. The summed E-state index contributed by atoms with van der Waals surface area (Å²) in [6.07, 6.45) is 1.46. The van der Waals surface area contributed by atoms with E-state index in [0.717, 1.165) is 13.0 Å². The van der Waals surface area contributed by atoms with Gasteiger partial charge in [-0.1, -0.05) is 13.8 Å². The number of carbonyl (C=O) groups excluding carboxylic acids is 3. The van der Waals surface area contributed by atoms with Crippen molar-refractivity contribution in [3.8, 4) is 0 Å². The van der Waals surface area contributed by atoms with Gasteiger partial charge in [-0.2, -0.15) is 0 Å². The van der Waals surface area contributed by atoms with E-state index in [9.17, 15) is 14.4 Å². The Morgan fingerprint density at radius 3 is 2.81 bits per heavy atom. The van der Waals surface area contributed by atoms with E-state index in [-0.39, 0.29) is 30.3 Å². The van der Waals surface area contributed by atoms with Crippen LogP contribution in [0.1, 0.15) is 26.7 Å². The van der Waals surface area contributed by atoms with E-state index in [1.807, 2.05) is 6.92 Å². The number of amides is 3. The van der Waals surface area contributed by atoms with Crippen molar-refractivity contribution >= 4 is 17.7 Å². The summed E-state index contributed by atoms with van der Waals surface area (Å²) in [5.74, 6) is -1.31. The third kappa shape index (κ3) is 3.41. The molecule has 2 fully saturated rings. The third-order valence-corrected chi connectivity index (χ3v) is 3.98. The third-order valence-electron chi connectivity index (χ3n) is 3.98. The predicted molar refractivity (Wildman–Crippen MR) is 75.3 cm³/mol. The summed E-state index contributed by atoms with van der Waals surface area (Å²) >= 11 is 0. The van der Waals surface area contributed by atoms with E-state index in [1.54, 1.807) is 0 Å². The van der Waals surface area contributed by atoms with Gasteiger partial charge in [-0.3, -0.25) is 19.7 Å². The first kappa shape index (κ1) is 15.9. The quantitative estimate of drug-likeness (QED) is 0.653. The molecule has 3 atom stereocenters. The van der Waals surface area contributed by atoms with Crippen molar-refractivity contribution in [2.24, 2.45) is 5.92 Å². The Labute approximate surface area is 124 Å². The maximum Gasteiger partial charge on any atom is 0.249 e. The van der Waals surface area contributed by atoms with Gasteiger partial charge in [0.15, 0.2) is 0 Å². The fourth-order valence-corrected chi connectivity index (χ4v) is 2.85. The molecule has 0 aromatic heterocycles. The van der Waals surface area contributed by atoms with Crippen LogP contribution in [0.3, 0.4) is 0 Å². The van der Waals surface area contributed by atoms with Crippen LogP contribution in [0.15, 0.2) is 0 Å². The van der Waals surface area contributed by atoms with Gasteiger partial charge in [0, 0.05) is 6.04 Å². The van der Waals surface area contributed by atoms with Crippen LogP contribution in [-0.2, 0) is 19.1 Å². The molecule has 7 heteroatoms. The van der Waals surface area contributed by atoms with Crippen molar-refractivity contribution in [1.29, 1.82) is 0 Å². The van der Waals surface area contributed by atoms with Crippen molar-refractivity contribution in [3.05, 3.63) is 0 Å². The number of ether oxygens (including phenoxy) is 1. The predicted octanol–water partition coefficient (Wildman–Crippen LogP) is -0.735. The summed E-state index contributed by atoms with van der Waals surface area (Å²) in [6.45, 7) is 5.47. The highest BCUT2D eigenvalue weighted by atomic mass is 16.5. The van der Waals surface area contributed by atoms with Crippen LogP contribution < -0.4 is 10.6 Å². The molecule has 0 spiro atoms. The van der Waals surface area contributed by atoms with E-state index in [4.69, 9.17) is 4.74 Å². The second kappa shape index (κ2) is 7.00. The lowest BCUT2D eigenvalue weighted by Crippen LogP contribution is -2.61. The van der Waals surface area contributed by atoms with Gasteiger partial charge in [0.25, 0.3) is 0 Å². The SMILES string of the molecule is CCCNC1COCC1C(=O)N1CC(=O)NC(=O)C1CC. The normalized spacial score (nSPS) is 29.6. The van der Waals surface area contributed by atoms with Crippen LogP contribution >= 0.6 is 0 Å². The molecule has 3 unspecified atom stereocenters. The molecule has 0 aromatic carbocycles. The highest BCUT2D eigenvalue weighted by Gasteiger charge is 2.42. The van der Waals surface area contributed by atoms with E-state index in [0.29, 0.717) is 19.6 Å². The van der Waals surface area contributed by atoms with E-state index < -0.39 is 11.9 Å². The zero-order valence-corrected chi connectivity index (χ0v) is 12.6. The molecule has 0 bridgehead atoms. The standard InChI is InChI=1S/C14H23N3O4/c1-3-5-15-10-8-21-7-9(10)14(20)17-6-12(18)16-13(19)11(17)4-2/h9-11,15H,3-8H2,1-2H3,(H,16,18,19). The number of piperazine rings is 1. The monoisotopic (exact) mass is 297 g/mol. The summed E-state index contributed by atoms with van der Waals surface area (Å²) in [5.41, 5.74) is 0. The van der Waals surface area contributed by atoms with Crippen molar-refractivity contribution in [1.82, 2.24) is 15.5 Å². The second-order valence-corrected chi connectivity index (χ2v) is 5.51. The molecule has 21 heavy (non-hydrogen) atoms. The molecule has 7 nitrogen and oxygen atoms in total. The van der Waals surface area contributed by atoms with Gasteiger partial charge in [-0.15, -0.1) is 0 Å². The lowest BCUT2D eigenvalue weighted by Gasteiger charge is -2.35. The summed E-state index contributed by atoms with van der Waals surface area (Å²) < 4.78 is 5.41. The first-order valence-electron chi connectivity index (χ1n) is 7.53. The Balaban J connectivity index is 2.09. The van der Waals surface area contributed by atoms with Crippen LogP contribution in [0.4, 0.5) is 0 Å². The van der Waals surface area contributed by atoms with Crippen LogP contribution in [0, 0.1) is 5.92 Å². The molecule has 2 aliphatic rings. The first-order chi connectivity index (χ1) is 10.1. The molecular weight excluding hydrogens is 274 g/mol. The van der Waals surface area contributed by atoms with Crippen LogP contribution in [-0.4, -0.2) is 61.0 Å². The number of hydrogen-bond acceptors (Lipinski definition) is 5. The van der Waals surface area contributed by atoms with Gasteiger partial charge in [0.05, 0.1) is 19.1 Å². The fraction of sp³-hybridized carbons (Fsp3) is 0.786. The van der Waals surface area contributed by atoms with E-state index in [2.05, 4.69) is 17.6 Å². The van der Waals surface area contributed by atoms with Crippen molar-refractivity contribution in [2.75, 3.05) is 26.3 Å². The molecule has 2 rings (SSSR count). The van der Waals surface area contributed by atoms with E-state index >= 15 is 0 Å². The lowest BCUT2D eigenvalue weighted by atomic mass is 9.99. The van der Waals surface area contributed by atoms with Gasteiger partial charge in [-0.25, -0.2) is 0 Å². The molecule has 0 aromatic rings. The Morgan fingerprint density at radius 1 is 1.38 bits per heavy atom. The lowest BCUT2D eigenvalue weighted by molar-refractivity contribution is -0.152. The smallest absolute Gasteiger partial charge is 0.249 e. The molecule has 2 saturated heterocycles. The maximum atomic E-state index is 12.7. The summed E-state index contributed by atoms with van der Waals surface area (Å²) in [4.78, 5) is 37.5. The molecule has 3 amide bonds. The number of nitrogens with zero attached hydrogens (tertiary/aromatic N) is 1. The number of hydrogen-bond donors (Lipinski definition) is 2. The highest BCUT2D eigenvalue weighted by Crippen LogP contribution is 2.20. The number of carbonyl (C=O) groups is 3. The van der Waals surface area contributed by atoms with Crippen molar-refractivity contribution < 1.29 is 19.1 Å². The summed E-state index contributed by atoms with van der Waals surface area (Å²) in [7, 11) is 0. The molecule has 0 saturated carbocycles. The Kier molecular flexibility index (Phi) is 5.30. The topological polar surface area (TPSA) is 87.7 Å². The molecule has 2 heterocycles. The zero-order valence-electron chi connectivity index (χ0n) is 12.6. The second-order valence-electron chi connectivity index (χ2n) is 5.51. The Hall–Kier alpha value is -1.47. The Bertz CT molecular complexity index is 426. The Morgan fingerprint density at radius 2 is 2.14 bits per heavy atom. The van der Waals surface area contributed by atoms with E-state index in [1.165, 1.54) is 4.90 Å². The first-order valence-corrected chi connectivity index (χ1v) is 7.53. The number of rotatable bonds is 5. The minimum absolute atomic E-state index is 0.0463. The van der Waals surface area contributed by atoms with Gasteiger partial charge in [-0.05, 0) is 19.4 Å². The van der Waals surface area contributed by atoms with Crippen molar-refractivity contribution in [2.45, 2.75) is 38.8 Å². The molecule has 2 N–H and O–H groups in total. The minimum atomic E-state index is -0.567. The molecule has 2 aliphatic heterocycles. The number of nitrogens with one attached hydrogen (secondary N) is 2. The zero-order chi connectivity index (χ0) is 15.4. The molecular formula is C14H23N3O4. The van der Waals surface area contributed by atoms with Gasteiger partial charge in [0.1, 0.15) is 12.6 Å². The minimum Gasteiger partial charge on any atom is -0.379 e. The van der Waals surface area contributed by atoms with Gasteiger partial charge >= 0.3 is 0 Å². The molecule has 0 aliphatic carbocycles. The average Bonchev–Trinajstić information content (AvgIpc) is 2.91. The largest absolute Gasteiger partial charge is 0.379 e. The van der Waals surface area contributed by atoms with Crippen LogP contribution in [0.25, 0.3) is 0 Å². The van der Waals surface area contributed by atoms with Gasteiger partial charge < -0.3 is 15.0 Å². The summed E-state index contributed by atoms with van der Waals surface area (Å²) in [6, 6.07) is -0.613. The average molecular weight is 297 g/mol. The fourth-order valence-electron chi connectivity index (χ4n) is 2.85. The van der Waals surface area contributed by atoms with Crippen molar-refractivity contribution in [3.63, 3.8) is 0 Å². The molecule has 118 valence electrons. The highest BCUT2D eigenvalue weighted by molar-refractivity contribution is 6.04. The van der Waals surface area contributed by atoms with Crippen LogP contribution in [0.5, 0.6) is 0 Å². The summed E-state index contributed by atoms with van der Waals surface area (Å²) in [5, 5.41) is 5.58. The molecule has 0 radical (unpaired) electrons.